The zero-order valence-corrected chi connectivity index (χ0v) is 13.7. The first kappa shape index (κ1) is 18.2. The molecule has 0 amide bonds. The summed E-state index contributed by atoms with van der Waals surface area (Å²) in [6.07, 6.45) is -0.253. The van der Waals surface area contributed by atoms with Gasteiger partial charge in [0, 0.05) is 5.69 Å². The predicted molar refractivity (Wildman–Crippen MR) is 80.8 cm³/mol. The average Bonchev–Trinajstić information content (AvgIpc) is 2.70. The van der Waals surface area contributed by atoms with Crippen LogP contribution in [0.15, 0.2) is 30.3 Å². The smallest absolute Gasteiger partial charge is 0.364 e. The Kier molecular flexibility index (Phi) is 4.77. The van der Waals surface area contributed by atoms with Crippen LogP contribution in [0, 0.1) is 17.2 Å². The number of halogens is 5. The fourth-order valence-corrected chi connectivity index (χ4v) is 5.60. The van der Waals surface area contributed by atoms with Gasteiger partial charge in [-0.05, 0) is 18.6 Å². The molecule has 23 heavy (non-hydrogen) atoms. The number of nitriles is 1. The highest BCUT2D eigenvalue weighted by Gasteiger charge is 2.70. The summed E-state index contributed by atoms with van der Waals surface area (Å²) in [5, 5.41) is 8.91. The molecule has 0 bridgehead atoms. The molecule has 10 heteroatoms. The maximum Gasteiger partial charge on any atom is 0.499 e. The molecule has 1 saturated carbocycles. The van der Waals surface area contributed by atoms with Gasteiger partial charge < -0.3 is 5.32 Å². The van der Waals surface area contributed by atoms with E-state index in [4.69, 9.17) is 23.2 Å². The topological polar surface area (TPSA) is 70.0 Å². The van der Waals surface area contributed by atoms with Crippen molar-refractivity contribution in [3.8, 4) is 6.07 Å². The van der Waals surface area contributed by atoms with E-state index in [9.17, 15) is 26.9 Å². The molecular weight excluding hydrogens is 376 g/mol. The Bertz CT molecular complexity index is 721. The number of nitrogens with one attached hydrogen (secondary N) is 1. The summed E-state index contributed by atoms with van der Waals surface area (Å²) in [6.45, 7) is 0. The molecule has 4 nitrogen and oxygen atoms in total. The van der Waals surface area contributed by atoms with Crippen molar-refractivity contribution >= 4 is 38.7 Å². The summed E-state index contributed by atoms with van der Waals surface area (Å²) in [5.41, 5.74) is -5.49. The van der Waals surface area contributed by atoms with E-state index in [0.717, 1.165) is 0 Å². The van der Waals surface area contributed by atoms with E-state index in [-0.39, 0.29) is 12.1 Å². The van der Waals surface area contributed by atoms with Crippen molar-refractivity contribution in [2.75, 3.05) is 5.32 Å². The number of benzene rings is 1. The van der Waals surface area contributed by atoms with Gasteiger partial charge in [0.25, 0.3) is 9.84 Å². The zero-order chi connectivity index (χ0) is 17.5. The van der Waals surface area contributed by atoms with Gasteiger partial charge >= 0.3 is 5.51 Å². The Morgan fingerprint density at radius 3 is 2.30 bits per heavy atom. The van der Waals surface area contributed by atoms with Crippen molar-refractivity contribution in [3.05, 3.63) is 30.3 Å². The molecule has 1 fully saturated rings. The van der Waals surface area contributed by atoms with Crippen LogP contribution in [-0.2, 0) is 9.84 Å². The van der Waals surface area contributed by atoms with Crippen LogP contribution in [0.4, 0.5) is 18.9 Å². The van der Waals surface area contributed by atoms with E-state index >= 15 is 0 Å². The van der Waals surface area contributed by atoms with Crippen molar-refractivity contribution < 1.29 is 21.6 Å². The molecule has 1 aliphatic rings. The Balaban J connectivity index is 2.68. The van der Waals surface area contributed by atoms with Crippen LogP contribution < -0.4 is 5.32 Å². The largest absolute Gasteiger partial charge is 0.499 e. The average molecular weight is 387 g/mol. The molecule has 0 aromatic heterocycles. The molecule has 0 saturated heterocycles. The first-order valence-corrected chi connectivity index (χ1v) is 8.75. The van der Waals surface area contributed by atoms with E-state index in [2.05, 4.69) is 5.32 Å². The van der Waals surface area contributed by atoms with E-state index < -0.39 is 36.9 Å². The predicted octanol–water partition coefficient (Wildman–Crippen LogP) is 3.49. The third-order valence-corrected chi connectivity index (χ3v) is 6.94. The molecule has 1 aromatic rings. The highest BCUT2D eigenvalue weighted by atomic mass is 35.5. The Hall–Kier alpha value is -1.17. The number of anilines is 1. The minimum absolute atomic E-state index is 0.0944. The molecule has 4 atom stereocenters. The van der Waals surface area contributed by atoms with Gasteiger partial charge in [0.15, 0.2) is 4.87 Å². The summed E-state index contributed by atoms with van der Waals surface area (Å²) >= 11 is 11.9. The summed E-state index contributed by atoms with van der Waals surface area (Å²) in [7, 11) is -5.83. The quantitative estimate of drug-likeness (QED) is 0.807. The number of nitrogens with zero attached hydrogens (tertiary/aromatic N) is 1. The second-order valence-corrected chi connectivity index (χ2v) is 8.29. The lowest BCUT2D eigenvalue weighted by atomic mass is 10.0. The van der Waals surface area contributed by atoms with Crippen molar-refractivity contribution in [3.63, 3.8) is 0 Å². The number of hydrogen-bond donors (Lipinski definition) is 1. The minimum Gasteiger partial charge on any atom is -0.364 e. The van der Waals surface area contributed by atoms with Crippen LogP contribution in [0.3, 0.4) is 0 Å². The molecular formula is C13H11Cl2F3N2O2S. The van der Waals surface area contributed by atoms with Crippen molar-refractivity contribution in [1.82, 2.24) is 0 Å². The van der Waals surface area contributed by atoms with Crippen LogP contribution in [0.25, 0.3) is 0 Å². The molecule has 0 spiro atoms. The van der Waals surface area contributed by atoms with Gasteiger partial charge in [-0.2, -0.15) is 18.4 Å². The number of alkyl halides is 5. The lowest BCUT2D eigenvalue weighted by Crippen LogP contribution is -2.59. The fourth-order valence-electron chi connectivity index (χ4n) is 2.65. The van der Waals surface area contributed by atoms with Crippen LogP contribution >= 0.6 is 23.2 Å². The second kappa shape index (κ2) is 6.04. The van der Waals surface area contributed by atoms with E-state index in [1.807, 2.05) is 0 Å². The van der Waals surface area contributed by atoms with Crippen molar-refractivity contribution in [1.29, 1.82) is 5.26 Å². The molecule has 1 aromatic carbocycles. The third-order valence-electron chi connectivity index (χ3n) is 3.72. The van der Waals surface area contributed by atoms with Gasteiger partial charge in [-0.3, -0.25) is 0 Å². The Morgan fingerprint density at radius 2 is 1.83 bits per heavy atom. The van der Waals surface area contributed by atoms with Crippen molar-refractivity contribution in [2.24, 2.45) is 5.92 Å². The molecule has 0 radical (unpaired) electrons. The Morgan fingerprint density at radius 1 is 1.26 bits per heavy atom. The number of sulfone groups is 1. The maximum atomic E-state index is 13.2. The highest BCUT2D eigenvalue weighted by molar-refractivity contribution is 7.93. The maximum absolute atomic E-state index is 13.2. The lowest BCUT2D eigenvalue weighted by Gasteiger charge is -2.36. The first-order valence-electron chi connectivity index (χ1n) is 6.40. The number of para-hydroxylation sites is 1. The summed E-state index contributed by atoms with van der Waals surface area (Å²) in [4.78, 5) is -2.75. The Labute approximate surface area is 141 Å². The van der Waals surface area contributed by atoms with Crippen LogP contribution in [-0.4, -0.2) is 29.6 Å². The van der Waals surface area contributed by atoms with Crippen molar-refractivity contribution in [2.45, 2.75) is 27.6 Å². The molecule has 126 valence electrons. The number of rotatable bonds is 3. The van der Waals surface area contributed by atoms with Gasteiger partial charge in [-0.25, -0.2) is 8.42 Å². The summed E-state index contributed by atoms with van der Waals surface area (Å²) in [6, 6.07) is 8.96. The first-order chi connectivity index (χ1) is 10.6. The molecule has 0 aliphatic heterocycles. The van der Waals surface area contributed by atoms with Gasteiger partial charge in [-0.1, -0.05) is 18.2 Å². The monoisotopic (exact) mass is 386 g/mol. The van der Waals surface area contributed by atoms with Crippen LogP contribution in [0.1, 0.15) is 6.42 Å². The summed E-state index contributed by atoms with van der Waals surface area (Å²) < 4.78 is 64.1. The normalized spacial score (nSPS) is 31.6. The fraction of sp³-hybridized carbons (Fsp3) is 0.462. The van der Waals surface area contributed by atoms with Gasteiger partial charge in [-0.15, -0.1) is 23.2 Å². The van der Waals surface area contributed by atoms with E-state index in [1.165, 1.54) is 24.3 Å². The SMILES string of the molecule is N#CC1C(Cl)CC(Cl)C1(Nc1ccccc1)S(=O)(=O)C(F)(F)F. The molecule has 1 N–H and O–H groups in total. The van der Waals surface area contributed by atoms with Gasteiger partial charge in [0.05, 0.1) is 16.8 Å². The minimum atomic E-state index is -5.83. The number of hydrogen-bond acceptors (Lipinski definition) is 4. The molecule has 4 unspecified atom stereocenters. The van der Waals surface area contributed by atoms with Gasteiger partial charge in [0.1, 0.15) is 5.92 Å². The lowest BCUT2D eigenvalue weighted by molar-refractivity contribution is -0.0458. The third kappa shape index (κ3) is 2.75. The highest BCUT2D eigenvalue weighted by Crippen LogP contribution is 2.51. The molecule has 1 aliphatic carbocycles. The van der Waals surface area contributed by atoms with E-state index in [0.29, 0.717) is 0 Å². The molecule has 2 rings (SSSR count). The standard InChI is InChI=1S/C13H11Cl2F3N2O2S/c14-10-6-11(15)12(9(10)7-19,23(21,22)13(16,17)18)20-8-4-2-1-3-5-8/h1-5,9-11,20H,6H2. The molecule has 0 heterocycles. The zero-order valence-electron chi connectivity index (χ0n) is 11.4. The van der Waals surface area contributed by atoms with Crippen LogP contribution in [0.5, 0.6) is 0 Å². The van der Waals surface area contributed by atoms with Gasteiger partial charge in [0.2, 0.25) is 0 Å². The van der Waals surface area contributed by atoms with E-state index in [1.54, 1.807) is 12.1 Å². The summed E-state index contributed by atoms with van der Waals surface area (Å²) in [5.74, 6) is -1.67. The van der Waals surface area contributed by atoms with Crippen LogP contribution in [0.2, 0.25) is 0 Å². The second-order valence-electron chi connectivity index (χ2n) is 5.06.